The number of aromatic nitrogens is 1. The molecule has 6 heteroatoms. The van der Waals surface area contributed by atoms with Crippen LogP contribution in [-0.2, 0) is 0 Å². The number of hydrogen-bond donors (Lipinski definition) is 1. The van der Waals surface area contributed by atoms with Crippen LogP contribution < -0.4 is 10.1 Å². The Balaban J connectivity index is 2.14. The zero-order chi connectivity index (χ0) is 13.3. The lowest BCUT2D eigenvalue weighted by molar-refractivity contribution is -0.391. The van der Waals surface area contributed by atoms with Gasteiger partial charge in [0.05, 0.1) is 0 Å². The lowest BCUT2D eigenvalue weighted by Crippen LogP contribution is -2.61. The minimum Gasteiger partial charge on any atom is -0.482 e. The van der Waals surface area contributed by atoms with Gasteiger partial charge < -0.3 is 20.2 Å². The van der Waals surface area contributed by atoms with E-state index in [4.69, 9.17) is 4.74 Å². The second kappa shape index (κ2) is 4.53. The maximum Gasteiger partial charge on any atom is 0.406 e. The molecule has 2 unspecified atom stereocenters. The van der Waals surface area contributed by atoms with E-state index >= 15 is 0 Å². The molecule has 6 nitrogen and oxygen atoms in total. The van der Waals surface area contributed by atoms with Crippen LogP contribution in [0.25, 0.3) is 0 Å². The molecule has 1 aliphatic carbocycles. The summed E-state index contributed by atoms with van der Waals surface area (Å²) < 4.78 is 5.75. The van der Waals surface area contributed by atoms with E-state index in [-0.39, 0.29) is 23.1 Å². The van der Waals surface area contributed by atoms with Crippen molar-refractivity contribution < 1.29 is 9.66 Å². The van der Waals surface area contributed by atoms with Crippen LogP contribution in [-0.4, -0.2) is 29.1 Å². The number of rotatable bonds is 4. The van der Waals surface area contributed by atoms with Crippen LogP contribution in [0.2, 0.25) is 0 Å². The first kappa shape index (κ1) is 12.8. The molecular weight excluding hydrogens is 234 g/mol. The van der Waals surface area contributed by atoms with Gasteiger partial charge in [-0.25, -0.2) is 0 Å². The molecule has 0 radical (unpaired) electrons. The van der Waals surface area contributed by atoms with Crippen molar-refractivity contribution in [1.82, 2.24) is 10.3 Å². The van der Waals surface area contributed by atoms with E-state index in [2.05, 4.69) is 24.1 Å². The Morgan fingerprint density at radius 1 is 1.61 bits per heavy atom. The third kappa shape index (κ3) is 2.03. The summed E-state index contributed by atoms with van der Waals surface area (Å²) in [4.78, 5) is 14.1. The molecule has 0 aliphatic heterocycles. The van der Waals surface area contributed by atoms with Gasteiger partial charge in [-0.15, -0.1) is 0 Å². The van der Waals surface area contributed by atoms with Crippen LogP contribution in [0.1, 0.15) is 20.3 Å². The van der Waals surface area contributed by atoms with Crippen LogP contribution >= 0.6 is 0 Å². The van der Waals surface area contributed by atoms with Crippen molar-refractivity contribution in [3.63, 3.8) is 0 Å². The monoisotopic (exact) mass is 251 g/mol. The van der Waals surface area contributed by atoms with Gasteiger partial charge in [0.25, 0.3) is 0 Å². The summed E-state index contributed by atoms with van der Waals surface area (Å²) in [5.74, 6) is 0.0244. The number of nitro groups is 1. The fourth-order valence-corrected chi connectivity index (χ4v) is 2.34. The Kier molecular flexibility index (Phi) is 3.21. The van der Waals surface area contributed by atoms with Crippen molar-refractivity contribution in [2.75, 3.05) is 7.05 Å². The van der Waals surface area contributed by atoms with E-state index in [0.29, 0.717) is 6.04 Å². The molecule has 1 N–H and O–H groups in total. The minimum atomic E-state index is -0.517. The van der Waals surface area contributed by atoms with Crippen LogP contribution in [0.15, 0.2) is 18.3 Å². The Labute approximate surface area is 106 Å². The highest BCUT2D eigenvalue weighted by molar-refractivity contribution is 5.39. The summed E-state index contributed by atoms with van der Waals surface area (Å²) in [6, 6.07) is 3.61. The van der Waals surface area contributed by atoms with Crippen molar-refractivity contribution in [2.45, 2.75) is 32.4 Å². The van der Waals surface area contributed by atoms with Gasteiger partial charge in [-0.05, 0) is 29.1 Å². The fraction of sp³-hybridized carbons (Fsp3) is 0.583. The molecule has 1 aromatic rings. The van der Waals surface area contributed by atoms with Crippen molar-refractivity contribution in [1.29, 1.82) is 0 Å². The Morgan fingerprint density at radius 3 is 2.89 bits per heavy atom. The minimum absolute atomic E-state index is 0.0298. The average Bonchev–Trinajstić information content (AvgIpc) is 2.34. The summed E-state index contributed by atoms with van der Waals surface area (Å²) in [5.41, 5.74) is -0.0432. The molecule has 1 aliphatic rings. The van der Waals surface area contributed by atoms with Gasteiger partial charge in [-0.2, -0.15) is 0 Å². The average molecular weight is 251 g/mol. The SMILES string of the molecule is CNC1CC(Oc2cccnc2[N+](=O)[O-])C1(C)C. The molecule has 1 fully saturated rings. The van der Waals surface area contributed by atoms with Gasteiger partial charge in [0.15, 0.2) is 0 Å². The maximum atomic E-state index is 10.8. The highest BCUT2D eigenvalue weighted by Crippen LogP contribution is 2.43. The zero-order valence-corrected chi connectivity index (χ0v) is 10.7. The van der Waals surface area contributed by atoms with E-state index in [0.717, 1.165) is 6.42 Å². The molecule has 18 heavy (non-hydrogen) atoms. The highest BCUT2D eigenvalue weighted by Gasteiger charge is 2.49. The molecule has 2 rings (SSSR count). The quantitative estimate of drug-likeness (QED) is 0.651. The van der Waals surface area contributed by atoms with Crippen molar-refractivity contribution in [3.8, 4) is 5.75 Å². The van der Waals surface area contributed by atoms with E-state index in [1.807, 2.05) is 7.05 Å². The predicted molar refractivity (Wildman–Crippen MR) is 66.6 cm³/mol. The third-order valence-electron chi connectivity index (χ3n) is 3.72. The molecule has 98 valence electrons. The summed E-state index contributed by atoms with van der Waals surface area (Å²) in [5, 5.41) is 14.1. The number of nitrogens with zero attached hydrogens (tertiary/aromatic N) is 2. The first-order valence-corrected chi connectivity index (χ1v) is 5.90. The topological polar surface area (TPSA) is 77.3 Å². The molecular formula is C12H17N3O3. The fourth-order valence-electron chi connectivity index (χ4n) is 2.34. The summed E-state index contributed by atoms with van der Waals surface area (Å²) in [6.07, 6.45) is 2.21. The molecule has 1 aromatic heterocycles. The molecule has 1 heterocycles. The largest absolute Gasteiger partial charge is 0.482 e. The second-order valence-corrected chi connectivity index (χ2v) is 5.09. The van der Waals surface area contributed by atoms with Crippen molar-refractivity contribution in [3.05, 3.63) is 28.4 Å². The van der Waals surface area contributed by atoms with E-state index in [1.165, 1.54) is 6.20 Å². The van der Waals surface area contributed by atoms with Gasteiger partial charge in [-0.3, -0.25) is 0 Å². The Bertz CT molecular complexity index is 462. The van der Waals surface area contributed by atoms with Gasteiger partial charge in [-0.1, -0.05) is 13.8 Å². The zero-order valence-electron chi connectivity index (χ0n) is 10.7. The maximum absolute atomic E-state index is 10.8. The lowest BCUT2D eigenvalue weighted by atomic mass is 9.64. The molecule has 0 saturated heterocycles. The van der Waals surface area contributed by atoms with Crippen LogP contribution in [0, 0.1) is 15.5 Å². The molecule has 2 atom stereocenters. The molecule has 0 amide bonds. The van der Waals surface area contributed by atoms with Gasteiger partial charge in [0.2, 0.25) is 5.75 Å². The lowest BCUT2D eigenvalue weighted by Gasteiger charge is -2.51. The van der Waals surface area contributed by atoms with Gasteiger partial charge in [0.1, 0.15) is 12.3 Å². The third-order valence-corrected chi connectivity index (χ3v) is 3.72. The van der Waals surface area contributed by atoms with E-state index < -0.39 is 4.92 Å². The normalized spacial score (nSPS) is 25.3. The number of nitrogens with one attached hydrogen (secondary N) is 1. The predicted octanol–water partition coefficient (Wildman–Crippen LogP) is 1.76. The molecule has 0 aromatic carbocycles. The van der Waals surface area contributed by atoms with Crippen LogP contribution in [0.4, 0.5) is 5.82 Å². The van der Waals surface area contributed by atoms with Crippen molar-refractivity contribution >= 4 is 5.82 Å². The number of hydrogen-bond acceptors (Lipinski definition) is 5. The number of ether oxygens (including phenoxy) is 1. The highest BCUT2D eigenvalue weighted by atomic mass is 16.6. The Hall–Kier alpha value is -1.69. The van der Waals surface area contributed by atoms with Crippen LogP contribution in [0.5, 0.6) is 5.75 Å². The summed E-state index contributed by atoms with van der Waals surface area (Å²) in [6.45, 7) is 4.18. The standard InChI is InChI=1S/C12H17N3O3/c1-12(2)9(13-3)7-10(12)18-8-5-4-6-14-11(8)15(16)17/h4-6,9-10,13H,7H2,1-3H3. The van der Waals surface area contributed by atoms with E-state index in [9.17, 15) is 10.1 Å². The summed E-state index contributed by atoms with van der Waals surface area (Å²) in [7, 11) is 1.91. The van der Waals surface area contributed by atoms with Gasteiger partial charge >= 0.3 is 5.82 Å². The van der Waals surface area contributed by atoms with E-state index in [1.54, 1.807) is 12.1 Å². The first-order chi connectivity index (χ1) is 8.46. The smallest absolute Gasteiger partial charge is 0.406 e. The molecule has 1 saturated carbocycles. The first-order valence-electron chi connectivity index (χ1n) is 5.90. The number of pyridine rings is 1. The van der Waals surface area contributed by atoms with Crippen LogP contribution in [0.3, 0.4) is 0 Å². The summed E-state index contributed by atoms with van der Waals surface area (Å²) >= 11 is 0. The second-order valence-electron chi connectivity index (χ2n) is 5.09. The Morgan fingerprint density at radius 2 is 2.33 bits per heavy atom. The molecule has 0 spiro atoms. The molecule has 0 bridgehead atoms. The van der Waals surface area contributed by atoms with Gasteiger partial charge in [0, 0.05) is 17.9 Å². The van der Waals surface area contributed by atoms with Crippen molar-refractivity contribution in [2.24, 2.45) is 5.41 Å².